The fourth-order valence-corrected chi connectivity index (χ4v) is 2.12. The van der Waals surface area contributed by atoms with Crippen molar-refractivity contribution in [3.8, 4) is 11.5 Å². The van der Waals surface area contributed by atoms with Crippen LogP contribution < -0.4 is 0 Å². The van der Waals surface area contributed by atoms with E-state index in [1.54, 1.807) is 6.07 Å². The van der Waals surface area contributed by atoms with Gasteiger partial charge in [-0.2, -0.15) is 0 Å². The number of aliphatic imine (C=N–C) groups is 2. The highest BCUT2D eigenvalue weighted by atomic mass is 16.3. The van der Waals surface area contributed by atoms with Crippen molar-refractivity contribution < 1.29 is 10.2 Å². The van der Waals surface area contributed by atoms with Crippen LogP contribution in [0.4, 0.5) is 0 Å². The summed E-state index contributed by atoms with van der Waals surface area (Å²) in [5.74, 6) is 0.0716. The predicted octanol–water partition coefficient (Wildman–Crippen LogP) is 3.42. The van der Waals surface area contributed by atoms with Crippen LogP contribution in [0.3, 0.4) is 0 Å². The molecule has 114 valence electrons. The summed E-state index contributed by atoms with van der Waals surface area (Å²) >= 11 is 0. The highest BCUT2D eigenvalue weighted by Crippen LogP contribution is 2.23. The Morgan fingerprint density at radius 1 is 0.864 bits per heavy atom. The Labute approximate surface area is 130 Å². The molecule has 0 amide bonds. The predicted molar refractivity (Wildman–Crippen MR) is 90.4 cm³/mol. The van der Waals surface area contributed by atoms with E-state index in [4.69, 9.17) is 0 Å². The van der Waals surface area contributed by atoms with Crippen LogP contribution >= 0.6 is 0 Å². The van der Waals surface area contributed by atoms with Crippen LogP contribution in [0.5, 0.6) is 11.5 Å². The fourth-order valence-electron chi connectivity index (χ4n) is 2.12. The third-order valence-electron chi connectivity index (χ3n) is 3.36. The first-order valence-electron chi connectivity index (χ1n) is 7.18. The lowest BCUT2D eigenvalue weighted by molar-refractivity contribution is 0.450. The van der Waals surface area contributed by atoms with E-state index in [1.165, 1.54) is 12.1 Å². The van der Waals surface area contributed by atoms with Gasteiger partial charge in [0.2, 0.25) is 0 Å². The van der Waals surface area contributed by atoms with Crippen molar-refractivity contribution in [1.82, 2.24) is 0 Å². The molecule has 4 nitrogen and oxygen atoms in total. The normalized spacial score (nSPS) is 12.5. The summed E-state index contributed by atoms with van der Waals surface area (Å²) in [6.45, 7) is 4.96. The van der Waals surface area contributed by atoms with Crippen LogP contribution in [-0.2, 0) is 0 Å². The average molecular weight is 296 g/mol. The second kappa shape index (κ2) is 7.41. The zero-order valence-electron chi connectivity index (χ0n) is 12.8. The minimum Gasteiger partial charge on any atom is -0.508 e. The van der Waals surface area contributed by atoms with Gasteiger partial charge in [-0.05, 0) is 31.5 Å². The topological polar surface area (TPSA) is 65.2 Å². The second-order valence-corrected chi connectivity index (χ2v) is 5.00. The van der Waals surface area contributed by atoms with E-state index in [0.29, 0.717) is 18.7 Å². The molecule has 2 aromatic carbocycles. The van der Waals surface area contributed by atoms with Crippen LogP contribution in [0.1, 0.15) is 25.0 Å². The fraction of sp³-hybridized carbons (Fsp3) is 0.222. The standard InChI is InChI=1S/C18H20N2O2/c1-13(15-6-4-3-5-7-15)19-10-11-20-14(2)17-9-8-16(21)12-18(17)22/h3-9,12,21-22H,10-11H2,1-2H3. The molecule has 0 aliphatic carbocycles. The maximum Gasteiger partial charge on any atom is 0.128 e. The van der Waals surface area contributed by atoms with Gasteiger partial charge in [-0.15, -0.1) is 0 Å². The third kappa shape index (κ3) is 4.19. The molecular weight excluding hydrogens is 276 g/mol. The van der Waals surface area contributed by atoms with Crippen LogP contribution in [0.15, 0.2) is 58.5 Å². The van der Waals surface area contributed by atoms with Gasteiger partial charge in [0.05, 0.1) is 13.1 Å². The Balaban J connectivity index is 1.97. The molecule has 0 atom stereocenters. The van der Waals surface area contributed by atoms with Crippen molar-refractivity contribution >= 4 is 11.4 Å². The van der Waals surface area contributed by atoms with Gasteiger partial charge in [0.15, 0.2) is 0 Å². The van der Waals surface area contributed by atoms with Gasteiger partial charge in [0, 0.05) is 23.1 Å². The lowest BCUT2D eigenvalue weighted by Crippen LogP contribution is -2.01. The van der Waals surface area contributed by atoms with Gasteiger partial charge >= 0.3 is 0 Å². The van der Waals surface area contributed by atoms with E-state index < -0.39 is 0 Å². The molecule has 0 radical (unpaired) electrons. The summed E-state index contributed by atoms with van der Waals surface area (Å²) in [7, 11) is 0. The minimum absolute atomic E-state index is 0.0326. The van der Waals surface area contributed by atoms with Crippen LogP contribution in [0.25, 0.3) is 0 Å². The summed E-state index contributed by atoms with van der Waals surface area (Å²) in [5.41, 5.74) is 3.45. The molecule has 2 aromatic rings. The molecule has 0 fully saturated rings. The lowest BCUT2D eigenvalue weighted by Gasteiger charge is -2.05. The molecule has 0 heterocycles. The number of hydrogen-bond donors (Lipinski definition) is 2. The van der Waals surface area contributed by atoms with Crippen molar-refractivity contribution in [3.63, 3.8) is 0 Å². The summed E-state index contributed by atoms with van der Waals surface area (Å²) in [4.78, 5) is 8.92. The van der Waals surface area contributed by atoms with E-state index in [9.17, 15) is 10.2 Å². The first-order chi connectivity index (χ1) is 10.6. The maximum absolute atomic E-state index is 9.79. The van der Waals surface area contributed by atoms with Gasteiger partial charge in [-0.3, -0.25) is 9.98 Å². The molecule has 0 aliphatic rings. The van der Waals surface area contributed by atoms with Crippen LogP contribution in [0.2, 0.25) is 0 Å². The highest BCUT2D eigenvalue weighted by Gasteiger charge is 2.04. The molecule has 0 aliphatic heterocycles. The monoisotopic (exact) mass is 296 g/mol. The Hall–Kier alpha value is -2.62. The van der Waals surface area contributed by atoms with Crippen molar-refractivity contribution in [2.24, 2.45) is 9.98 Å². The summed E-state index contributed by atoms with van der Waals surface area (Å²) < 4.78 is 0. The molecule has 0 spiro atoms. The largest absolute Gasteiger partial charge is 0.508 e. The zero-order chi connectivity index (χ0) is 15.9. The summed E-state index contributed by atoms with van der Waals surface area (Å²) in [5, 5.41) is 19.1. The Bertz CT molecular complexity index is 691. The third-order valence-corrected chi connectivity index (χ3v) is 3.36. The first-order valence-corrected chi connectivity index (χ1v) is 7.18. The smallest absolute Gasteiger partial charge is 0.128 e. The molecule has 0 unspecified atom stereocenters. The van der Waals surface area contributed by atoms with Crippen molar-refractivity contribution in [3.05, 3.63) is 59.7 Å². The summed E-state index contributed by atoms with van der Waals surface area (Å²) in [6, 6.07) is 14.5. The molecule has 4 heteroatoms. The van der Waals surface area contributed by atoms with E-state index in [0.717, 1.165) is 17.0 Å². The molecule has 0 saturated carbocycles. The Kier molecular flexibility index (Phi) is 5.31. The molecule has 0 bridgehead atoms. The lowest BCUT2D eigenvalue weighted by atomic mass is 10.1. The Morgan fingerprint density at radius 2 is 1.50 bits per heavy atom. The van der Waals surface area contributed by atoms with E-state index in [2.05, 4.69) is 9.98 Å². The molecule has 0 aromatic heterocycles. The van der Waals surface area contributed by atoms with Gasteiger partial charge in [0.1, 0.15) is 11.5 Å². The first kappa shape index (κ1) is 15.8. The van der Waals surface area contributed by atoms with E-state index in [1.807, 2.05) is 44.2 Å². The van der Waals surface area contributed by atoms with Crippen molar-refractivity contribution in [2.75, 3.05) is 13.1 Å². The van der Waals surface area contributed by atoms with Gasteiger partial charge in [-0.1, -0.05) is 30.3 Å². The van der Waals surface area contributed by atoms with Gasteiger partial charge < -0.3 is 10.2 Å². The Morgan fingerprint density at radius 3 is 2.14 bits per heavy atom. The number of phenolic OH excluding ortho intramolecular Hbond substituents is 2. The highest BCUT2D eigenvalue weighted by molar-refractivity contribution is 6.01. The number of benzene rings is 2. The molecule has 22 heavy (non-hydrogen) atoms. The van der Waals surface area contributed by atoms with Gasteiger partial charge in [0.25, 0.3) is 0 Å². The minimum atomic E-state index is 0.0326. The van der Waals surface area contributed by atoms with Crippen molar-refractivity contribution in [1.29, 1.82) is 0 Å². The van der Waals surface area contributed by atoms with Gasteiger partial charge in [-0.25, -0.2) is 0 Å². The van der Waals surface area contributed by atoms with Crippen molar-refractivity contribution in [2.45, 2.75) is 13.8 Å². The molecule has 2 N–H and O–H groups in total. The quantitative estimate of drug-likeness (QED) is 0.656. The number of hydrogen-bond acceptors (Lipinski definition) is 4. The van der Waals surface area contributed by atoms with E-state index >= 15 is 0 Å². The van der Waals surface area contributed by atoms with E-state index in [-0.39, 0.29) is 11.5 Å². The number of aromatic hydroxyl groups is 2. The number of phenols is 2. The maximum atomic E-state index is 9.79. The summed E-state index contributed by atoms with van der Waals surface area (Å²) in [6.07, 6.45) is 0. The average Bonchev–Trinajstić information content (AvgIpc) is 2.52. The molecule has 0 saturated heterocycles. The number of rotatable bonds is 5. The SMILES string of the molecule is CC(=NCCN=C(C)c1ccc(O)cc1O)c1ccccc1. The second-order valence-electron chi connectivity index (χ2n) is 5.00. The molecular formula is C18H20N2O2. The molecule has 2 rings (SSSR count). The zero-order valence-corrected chi connectivity index (χ0v) is 12.8. The van der Waals surface area contributed by atoms with Crippen LogP contribution in [-0.4, -0.2) is 34.7 Å². The van der Waals surface area contributed by atoms with Crippen LogP contribution in [0, 0.1) is 0 Å². The number of nitrogens with zero attached hydrogens (tertiary/aromatic N) is 2.